The molecule has 0 bridgehead atoms. The van der Waals surface area contributed by atoms with Crippen LogP contribution in [0.25, 0.3) is 11.0 Å². The number of phenolic OH excluding ortho intramolecular Hbond substituents is 1. The number of carbonyl (C=O) groups is 1. The molecule has 124 valence electrons. The Morgan fingerprint density at radius 1 is 1.21 bits per heavy atom. The van der Waals surface area contributed by atoms with Crippen LogP contribution in [-0.2, 0) is 6.54 Å². The van der Waals surface area contributed by atoms with Gasteiger partial charge in [0.05, 0.1) is 10.4 Å². The molecule has 2 aromatic heterocycles. The highest BCUT2D eigenvalue weighted by atomic mass is 32.1. The molecule has 24 heavy (non-hydrogen) atoms. The Morgan fingerprint density at radius 3 is 2.79 bits per heavy atom. The second-order valence-electron chi connectivity index (χ2n) is 6.23. The highest BCUT2D eigenvalue weighted by molar-refractivity contribution is 7.12. The molecule has 4 rings (SSSR count). The van der Waals surface area contributed by atoms with Crippen LogP contribution in [0.3, 0.4) is 0 Å². The van der Waals surface area contributed by atoms with Gasteiger partial charge in [0.2, 0.25) is 5.78 Å². The fourth-order valence-corrected chi connectivity index (χ4v) is 4.08. The molecular weight excluding hydrogens is 322 g/mol. The van der Waals surface area contributed by atoms with Crippen LogP contribution in [0.5, 0.6) is 5.75 Å². The van der Waals surface area contributed by atoms with Gasteiger partial charge in [-0.15, -0.1) is 11.3 Å². The van der Waals surface area contributed by atoms with E-state index in [1.807, 2.05) is 17.5 Å². The third-order valence-electron chi connectivity index (χ3n) is 4.64. The van der Waals surface area contributed by atoms with Crippen molar-refractivity contribution in [3.8, 4) is 5.75 Å². The first-order chi connectivity index (χ1) is 11.7. The first-order valence-corrected chi connectivity index (χ1v) is 9.14. The van der Waals surface area contributed by atoms with E-state index < -0.39 is 0 Å². The maximum absolute atomic E-state index is 12.8. The second-order valence-corrected chi connectivity index (χ2v) is 7.18. The first kappa shape index (κ1) is 15.4. The zero-order valence-corrected chi connectivity index (χ0v) is 14.1. The van der Waals surface area contributed by atoms with Gasteiger partial charge >= 0.3 is 0 Å². The highest BCUT2D eigenvalue weighted by Gasteiger charge is 2.22. The summed E-state index contributed by atoms with van der Waals surface area (Å²) in [6, 6.07) is 7.07. The van der Waals surface area contributed by atoms with Gasteiger partial charge in [-0.25, -0.2) is 0 Å². The zero-order chi connectivity index (χ0) is 16.5. The summed E-state index contributed by atoms with van der Waals surface area (Å²) in [6.07, 6.45) is 5.15. The number of hydrogen-bond acceptors (Lipinski definition) is 5. The van der Waals surface area contributed by atoms with E-state index in [-0.39, 0.29) is 11.5 Å². The summed E-state index contributed by atoms with van der Waals surface area (Å²) in [6.45, 7) is 2.71. The van der Waals surface area contributed by atoms with E-state index in [2.05, 4.69) is 4.90 Å². The predicted molar refractivity (Wildman–Crippen MR) is 94.8 cm³/mol. The maximum Gasteiger partial charge on any atom is 0.206 e. The minimum absolute atomic E-state index is 0.0470. The molecule has 1 N–H and O–H groups in total. The molecule has 0 saturated carbocycles. The minimum atomic E-state index is -0.0470. The van der Waals surface area contributed by atoms with Crippen molar-refractivity contribution in [2.45, 2.75) is 25.8 Å². The number of fused-ring (bicyclic) bond motifs is 1. The lowest BCUT2D eigenvalue weighted by Crippen LogP contribution is -2.29. The lowest BCUT2D eigenvalue weighted by molar-refractivity contribution is 0.104. The van der Waals surface area contributed by atoms with E-state index in [0.29, 0.717) is 22.6 Å². The van der Waals surface area contributed by atoms with Crippen LogP contribution in [0.4, 0.5) is 0 Å². The van der Waals surface area contributed by atoms with Crippen molar-refractivity contribution in [2.24, 2.45) is 0 Å². The number of rotatable bonds is 4. The molecule has 1 aliphatic heterocycles. The summed E-state index contributed by atoms with van der Waals surface area (Å²) in [5.74, 6) is 0.184. The van der Waals surface area contributed by atoms with E-state index >= 15 is 0 Å². The number of thiophene rings is 1. The Hall–Kier alpha value is -2.11. The fraction of sp³-hybridized carbons (Fsp3) is 0.316. The predicted octanol–water partition coefficient (Wildman–Crippen LogP) is 4.42. The Balaban J connectivity index is 1.78. The summed E-state index contributed by atoms with van der Waals surface area (Å²) in [7, 11) is 0. The smallest absolute Gasteiger partial charge is 0.206 e. The largest absolute Gasteiger partial charge is 0.508 e. The molecule has 5 heteroatoms. The molecule has 0 atom stereocenters. The van der Waals surface area contributed by atoms with Crippen molar-refractivity contribution >= 4 is 28.1 Å². The van der Waals surface area contributed by atoms with Gasteiger partial charge in [0, 0.05) is 17.5 Å². The van der Waals surface area contributed by atoms with Gasteiger partial charge in [-0.1, -0.05) is 12.5 Å². The van der Waals surface area contributed by atoms with E-state index in [9.17, 15) is 9.90 Å². The summed E-state index contributed by atoms with van der Waals surface area (Å²) in [5, 5.41) is 13.1. The normalized spacial score (nSPS) is 15.8. The molecule has 3 aromatic rings. The SMILES string of the molecule is O=C(c1cccs1)c1coc2ccc(O)c(CN3CCCCC3)c12. The standard InChI is InChI=1S/C19H19NO3S/c21-15-6-7-16-18(13(15)11-20-8-2-1-3-9-20)14(12-23-16)19(22)17-5-4-10-24-17/h4-7,10,12,21H,1-3,8-9,11H2. The van der Waals surface area contributed by atoms with Crippen LogP contribution in [0, 0.1) is 0 Å². The van der Waals surface area contributed by atoms with Crippen molar-refractivity contribution < 1.29 is 14.3 Å². The summed E-state index contributed by atoms with van der Waals surface area (Å²) in [4.78, 5) is 15.8. The van der Waals surface area contributed by atoms with Gasteiger partial charge in [0.1, 0.15) is 17.6 Å². The van der Waals surface area contributed by atoms with E-state index in [0.717, 1.165) is 24.0 Å². The molecule has 4 nitrogen and oxygen atoms in total. The number of aromatic hydroxyl groups is 1. The number of benzene rings is 1. The van der Waals surface area contributed by atoms with E-state index in [1.165, 1.54) is 36.9 Å². The van der Waals surface area contributed by atoms with Crippen LogP contribution < -0.4 is 0 Å². The quantitative estimate of drug-likeness (QED) is 0.714. The Kier molecular flexibility index (Phi) is 4.12. The average Bonchev–Trinajstić information content (AvgIpc) is 3.27. The molecule has 0 amide bonds. The average molecular weight is 341 g/mol. The molecule has 1 aliphatic rings. The topological polar surface area (TPSA) is 53.7 Å². The van der Waals surface area contributed by atoms with Crippen molar-refractivity contribution in [3.63, 3.8) is 0 Å². The van der Waals surface area contributed by atoms with Crippen molar-refractivity contribution in [3.05, 3.63) is 51.9 Å². The van der Waals surface area contributed by atoms with E-state index in [1.54, 1.807) is 12.1 Å². The van der Waals surface area contributed by atoms with Crippen molar-refractivity contribution in [1.29, 1.82) is 0 Å². The van der Waals surface area contributed by atoms with Gasteiger partial charge in [-0.2, -0.15) is 0 Å². The van der Waals surface area contributed by atoms with Gasteiger partial charge in [-0.05, 0) is 49.5 Å². The summed E-state index contributed by atoms with van der Waals surface area (Å²) < 4.78 is 5.61. The number of ketones is 1. The number of nitrogens with zero attached hydrogens (tertiary/aromatic N) is 1. The molecule has 1 saturated heterocycles. The maximum atomic E-state index is 12.8. The lowest BCUT2D eigenvalue weighted by atomic mass is 10.0. The Labute approximate surface area is 144 Å². The van der Waals surface area contributed by atoms with Crippen LogP contribution in [-0.4, -0.2) is 28.9 Å². The van der Waals surface area contributed by atoms with Gasteiger partial charge in [0.15, 0.2) is 0 Å². The monoisotopic (exact) mass is 341 g/mol. The van der Waals surface area contributed by atoms with Crippen LogP contribution >= 0.6 is 11.3 Å². The van der Waals surface area contributed by atoms with Crippen molar-refractivity contribution in [1.82, 2.24) is 4.90 Å². The first-order valence-electron chi connectivity index (χ1n) is 8.26. The van der Waals surface area contributed by atoms with Gasteiger partial charge < -0.3 is 9.52 Å². The number of carbonyl (C=O) groups excluding carboxylic acids is 1. The number of phenols is 1. The molecule has 0 unspecified atom stereocenters. The molecule has 3 heterocycles. The third-order valence-corrected chi connectivity index (χ3v) is 5.51. The molecule has 1 aromatic carbocycles. The molecule has 0 radical (unpaired) electrons. The molecule has 0 spiro atoms. The van der Waals surface area contributed by atoms with Gasteiger partial charge in [0.25, 0.3) is 0 Å². The van der Waals surface area contributed by atoms with E-state index in [4.69, 9.17) is 4.42 Å². The highest BCUT2D eigenvalue weighted by Crippen LogP contribution is 2.34. The van der Waals surface area contributed by atoms with Crippen LogP contribution in [0.1, 0.15) is 40.1 Å². The van der Waals surface area contributed by atoms with Crippen molar-refractivity contribution in [2.75, 3.05) is 13.1 Å². The third kappa shape index (κ3) is 2.74. The summed E-state index contributed by atoms with van der Waals surface area (Å²) >= 11 is 1.42. The molecule has 1 fully saturated rings. The number of likely N-dealkylation sites (tertiary alicyclic amines) is 1. The number of piperidine rings is 1. The summed E-state index contributed by atoms with van der Waals surface area (Å²) in [5.41, 5.74) is 1.98. The fourth-order valence-electron chi connectivity index (χ4n) is 3.40. The van der Waals surface area contributed by atoms with Crippen LogP contribution in [0.15, 0.2) is 40.3 Å². The van der Waals surface area contributed by atoms with Gasteiger partial charge in [-0.3, -0.25) is 9.69 Å². The minimum Gasteiger partial charge on any atom is -0.508 e. The number of furan rings is 1. The Morgan fingerprint density at radius 2 is 2.04 bits per heavy atom. The molecular formula is C19H19NO3S. The number of hydrogen-bond donors (Lipinski definition) is 1. The lowest BCUT2D eigenvalue weighted by Gasteiger charge is -2.27. The van der Waals surface area contributed by atoms with Crippen LogP contribution in [0.2, 0.25) is 0 Å². The zero-order valence-electron chi connectivity index (χ0n) is 13.3. The second kappa shape index (κ2) is 6.42. The molecule has 0 aliphatic carbocycles. The Bertz CT molecular complexity index is 860.